The standard InChI is InChI=1S/C15H20ClNO/c1-11(16)4-3-9-17-15(18)14-8-7-12-5-2-6-13(12)10-14/h7-8,10-11H,2-6,9H2,1H3,(H,17,18). The number of benzene rings is 1. The van der Waals surface area contributed by atoms with Crippen LogP contribution in [0.3, 0.4) is 0 Å². The van der Waals surface area contributed by atoms with Gasteiger partial charge in [-0.25, -0.2) is 0 Å². The zero-order chi connectivity index (χ0) is 13.0. The Bertz CT molecular complexity index is 429. The van der Waals surface area contributed by atoms with Crippen molar-refractivity contribution in [3.05, 3.63) is 34.9 Å². The molecule has 1 atom stereocenters. The zero-order valence-electron chi connectivity index (χ0n) is 10.8. The van der Waals surface area contributed by atoms with E-state index in [-0.39, 0.29) is 11.3 Å². The smallest absolute Gasteiger partial charge is 0.251 e. The van der Waals surface area contributed by atoms with E-state index in [0.29, 0.717) is 6.54 Å². The molecule has 1 aliphatic carbocycles. The number of hydrogen-bond donors (Lipinski definition) is 1. The lowest BCUT2D eigenvalue weighted by atomic mass is 10.1. The number of nitrogens with one attached hydrogen (secondary N) is 1. The first-order valence-corrected chi connectivity index (χ1v) is 7.14. The molecule has 0 spiro atoms. The summed E-state index contributed by atoms with van der Waals surface area (Å²) in [4.78, 5) is 11.9. The minimum atomic E-state index is 0.0342. The van der Waals surface area contributed by atoms with Crippen LogP contribution in [-0.4, -0.2) is 17.8 Å². The minimum Gasteiger partial charge on any atom is -0.352 e. The molecule has 1 aromatic carbocycles. The SMILES string of the molecule is CC(Cl)CCCNC(=O)c1ccc2c(c1)CCC2. The highest BCUT2D eigenvalue weighted by molar-refractivity contribution is 6.20. The van der Waals surface area contributed by atoms with E-state index in [9.17, 15) is 4.79 Å². The summed E-state index contributed by atoms with van der Waals surface area (Å²) < 4.78 is 0. The second-order valence-electron chi connectivity index (χ2n) is 5.02. The molecule has 1 aromatic rings. The summed E-state index contributed by atoms with van der Waals surface area (Å²) >= 11 is 5.86. The molecule has 3 heteroatoms. The lowest BCUT2D eigenvalue weighted by molar-refractivity contribution is 0.0953. The highest BCUT2D eigenvalue weighted by Crippen LogP contribution is 2.22. The van der Waals surface area contributed by atoms with Gasteiger partial charge in [0.15, 0.2) is 0 Å². The molecule has 0 heterocycles. The van der Waals surface area contributed by atoms with Crippen molar-refractivity contribution in [1.82, 2.24) is 5.32 Å². The molecule has 98 valence electrons. The van der Waals surface area contributed by atoms with Gasteiger partial charge in [-0.2, -0.15) is 0 Å². The predicted molar refractivity (Wildman–Crippen MR) is 75.3 cm³/mol. The van der Waals surface area contributed by atoms with Crippen LogP contribution in [0.1, 0.15) is 47.7 Å². The van der Waals surface area contributed by atoms with Crippen LogP contribution in [0.4, 0.5) is 0 Å². The Balaban J connectivity index is 1.85. The number of carbonyl (C=O) groups is 1. The average molecular weight is 266 g/mol. The normalized spacial score (nSPS) is 15.2. The van der Waals surface area contributed by atoms with Crippen LogP contribution < -0.4 is 5.32 Å². The molecule has 0 aromatic heterocycles. The van der Waals surface area contributed by atoms with Gasteiger partial charge in [-0.1, -0.05) is 6.07 Å². The topological polar surface area (TPSA) is 29.1 Å². The maximum Gasteiger partial charge on any atom is 0.251 e. The van der Waals surface area contributed by atoms with E-state index in [0.717, 1.165) is 31.2 Å². The van der Waals surface area contributed by atoms with Gasteiger partial charge in [0.25, 0.3) is 5.91 Å². The molecule has 0 saturated heterocycles. The molecular formula is C15H20ClNO. The van der Waals surface area contributed by atoms with Crippen LogP contribution in [-0.2, 0) is 12.8 Å². The number of alkyl halides is 1. The first-order valence-electron chi connectivity index (χ1n) is 6.71. The summed E-state index contributed by atoms with van der Waals surface area (Å²) in [5.41, 5.74) is 3.54. The first kappa shape index (κ1) is 13.4. The van der Waals surface area contributed by atoms with E-state index in [1.807, 2.05) is 19.1 Å². The molecule has 1 amide bonds. The lowest BCUT2D eigenvalue weighted by Gasteiger charge is -2.07. The molecule has 0 bridgehead atoms. The highest BCUT2D eigenvalue weighted by Gasteiger charge is 2.13. The number of carbonyl (C=O) groups excluding carboxylic acids is 1. The third-order valence-corrected chi connectivity index (χ3v) is 3.64. The molecule has 1 aliphatic rings. The van der Waals surface area contributed by atoms with Crippen LogP contribution in [0.25, 0.3) is 0 Å². The van der Waals surface area contributed by atoms with Crippen molar-refractivity contribution in [3.63, 3.8) is 0 Å². The third-order valence-electron chi connectivity index (χ3n) is 3.42. The van der Waals surface area contributed by atoms with Crippen molar-refractivity contribution in [1.29, 1.82) is 0 Å². The summed E-state index contributed by atoms with van der Waals surface area (Å²) in [5, 5.41) is 3.13. The van der Waals surface area contributed by atoms with Gasteiger partial charge in [0, 0.05) is 17.5 Å². The number of amides is 1. The Morgan fingerprint density at radius 1 is 1.39 bits per heavy atom. The fraction of sp³-hybridized carbons (Fsp3) is 0.533. The Morgan fingerprint density at radius 2 is 2.17 bits per heavy atom. The third kappa shape index (κ3) is 3.49. The summed E-state index contributed by atoms with van der Waals surface area (Å²) in [7, 11) is 0. The fourth-order valence-electron chi connectivity index (χ4n) is 2.40. The molecule has 0 saturated carbocycles. The van der Waals surface area contributed by atoms with E-state index in [2.05, 4.69) is 11.4 Å². The molecule has 0 fully saturated rings. The van der Waals surface area contributed by atoms with Crippen LogP contribution >= 0.6 is 11.6 Å². The number of fused-ring (bicyclic) bond motifs is 1. The molecule has 18 heavy (non-hydrogen) atoms. The maximum atomic E-state index is 11.9. The van der Waals surface area contributed by atoms with Gasteiger partial charge in [-0.3, -0.25) is 4.79 Å². The number of halogens is 1. The van der Waals surface area contributed by atoms with Gasteiger partial charge >= 0.3 is 0 Å². The summed E-state index contributed by atoms with van der Waals surface area (Å²) in [6.45, 7) is 2.68. The maximum absolute atomic E-state index is 11.9. The minimum absolute atomic E-state index is 0.0342. The Hall–Kier alpha value is -1.02. The van der Waals surface area contributed by atoms with Crippen molar-refractivity contribution < 1.29 is 4.79 Å². The van der Waals surface area contributed by atoms with Gasteiger partial charge in [-0.15, -0.1) is 11.6 Å². The lowest BCUT2D eigenvalue weighted by Crippen LogP contribution is -2.24. The fourth-order valence-corrected chi connectivity index (χ4v) is 2.55. The van der Waals surface area contributed by atoms with E-state index in [1.165, 1.54) is 17.5 Å². The van der Waals surface area contributed by atoms with Crippen molar-refractivity contribution in [2.75, 3.05) is 6.54 Å². The van der Waals surface area contributed by atoms with Crippen molar-refractivity contribution in [2.24, 2.45) is 0 Å². The molecular weight excluding hydrogens is 246 g/mol. The van der Waals surface area contributed by atoms with Gasteiger partial charge in [-0.05, 0) is 62.3 Å². The van der Waals surface area contributed by atoms with Crippen molar-refractivity contribution in [2.45, 2.75) is 44.4 Å². The Morgan fingerprint density at radius 3 is 2.94 bits per heavy atom. The van der Waals surface area contributed by atoms with Crippen LogP contribution in [0.15, 0.2) is 18.2 Å². The first-order chi connectivity index (χ1) is 8.66. The molecule has 0 aliphatic heterocycles. The predicted octanol–water partition coefficient (Wildman–Crippen LogP) is 3.31. The van der Waals surface area contributed by atoms with Crippen molar-refractivity contribution >= 4 is 17.5 Å². The largest absolute Gasteiger partial charge is 0.352 e. The second kappa shape index (κ2) is 6.24. The summed E-state index contributed by atoms with van der Waals surface area (Å²) in [6, 6.07) is 6.07. The van der Waals surface area contributed by atoms with Crippen LogP contribution in [0.5, 0.6) is 0 Å². The van der Waals surface area contributed by atoms with Gasteiger partial charge in [0.2, 0.25) is 0 Å². The second-order valence-corrected chi connectivity index (χ2v) is 5.76. The van der Waals surface area contributed by atoms with Gasteiger partial charge < -0.3 is 5.32 Å². The van der Waals surface area contributed by atoms with Crippen LogP contribution in [0, 0.1) is 0 Å². The quantitative estimate of drug-likeness (QED) is 0.642. The molecule has 0 radical (unpaired) electrons. The van der Waals surface area contributed by atoms with Gasteiger partial charge in [0.1, 0.15) is 0 Å². The summed E-state index contributed by atoms with van der Waals surface area (Å²) in [5.74, 6) is 0.0342. The molecule has 1 N–H and O–H groups in total. The molecule has 1 unspecified atom stereocenters. The van der Waals surface area contributed by atoms with Crippen LogP contribution in [0.2, 0.25) is 0 Å². The number of hydrogen-bond acceptors (Lipinski definition) is 1. The number of rotatable bonds is 5. The summed E-state index contributed by atoms with van der Waals surface area (Å²) in [6.07, 6.45) is 5.35. The van der Waals surface area contributed by atoms with E-state index in [1.54, 1.807) is 0 Å². The average Bonchev–Trinajstić information content (AvgIpc) is 2.81. The molecule has 2 nitrogen and oxygen atoms in total. The molecule has 2 rings (SSSR count). The highest BCUT2D eigenvalue weighted by atomic mass is 35.5. The Kier molecular flexibility index (Phi) is 4.65. The van der Waals surface area contributed by atoms with Crippen molar-refractivity contribution in [3.8, 4) is 0 Å². The monoisotopic (exact) mass is 265 g/mol. The Labute approximate surface area is 114 Å². The number of aryl methyl sites for hydroxylation is 2. The van der Waals surface area contributed by atoms with E-state index < -0.39 is 0 Å². The van der Waals surface area contributed by atoms with E-state index >= 15 is 0 Å². The zero-order valence-corrected chi connectivity index (χ0v) is 11.6. The van der Waals surface area contributed by atoms with Gasteiger partial charge in [0.05, 0.1) is 0 Å². The van der Waals surface area contributed by atoms with E-state index in [4.69, 9.17) is 11.6 Å².